The minimum Gasteiger partial charge on any atom is -0.504 e. The standard InChI is InChI=1S/C12H19NO2/c1-8(2)7-12(3,13)9-4-5-10(14)11(15)6-9/h4-6,8,14-15H,7,13H2,1-3H3. The molecule has 0 aliphatic heterocycles. The highest BCUT2D eigenvalue weighted by Crippen LogP contribution is 2.32. The Morgan fingerprint density at radius 1 is 1.27 bits per heavy atom. The van der Waals surface area contributed by atoms with Gasteiger partial charge in [0.15, 0.2) is 11.5 Å². The van der Waals surface area contributed by atoms with E-state index in [-0.39, 0.29) is 11.5 Å². The first kappa shape index (κ1) is 11.9. The summed E-state index contributed by atoms with van der Waals surface area (Å²) in [4.78, 5) is 0. The van der Waals surface area contributed by atoms with Gasteiger partial charge in [-0.25, -0.2) is 0 Å². The molecule has 0 fully saturated rings. The number of nitrogens with two attached hydrogens (primary N) is 1. The van der Waals surface area contributed by atoms with Crippen molar-refractivity contribution in [3.05, 3.63) is 23.8 Å². The minimum atomic E-state index is -0.473. The average Bonchev–Trinajstić information content (AvgIpc) is 2.07. The summed E-state index contributed by atoms with van der Waals surface area (Å²) in [5.74, 6) is 0.253. The number of hydrogen-bond donors (Lipinski definition) is 3. The van der Waals surface area contributed by atoms with Crippen LogP contribution in [-0.2, 0) is 5.54 Å². The second-order valence-electron chi connectivity index (χ2n) is 4.72. The molecule has 0 heterocycles. The van der Waals surface area contributed by atoms with Crippen molar-refractivity contribution in [2.45, 2.75) is 32.7 Å². The second-order valence-corrected chi connectivity index (χ2v) is 4.72. The van der Waals surface area contributed by atoms with Crippen LogP contribution in [-0.4, -0.2) is 10.2 Å². The van der Waals surface area contributed by atoms with Crippen molar-refractivity contribution in [3.8, 4) is 11.5 Å². The maximum absolute atomic E-state index is 9.39. The molecular weight excluding hydrogens is 190 g/mol. The van der Waals surface area contributed by atoms with Crippen LogP contribution in [0, 0.1) is 5.92 Å². The average molecular weight is 209 g/mol. The van der Waals surface area contributed by atoms with E-state index < -0.39 is 5.54 Å². The molecule has 3 nitrogen and oxygen atoms in total. The third kappa shape index (κ3) is 2.86. The van der Waals surface area contributed by atoms with Gasteiger partial charge in [-0.2, -0.15) is 0 Å². The van der Waals surface area contributed by atoms with Gasteiger partial charge in [0, 0.05) is 5.54 Å². The molecule has 0 bridgehead atoms. The Hall–Kier alpha value is -1.22. The molecule has 15 heavy (non-hydrogen) atoms. The van der Waals surface area contributed by atoms with Crippen LogP contribution in [0.2, 0.25) is 0 Å². The topological polar surface area (TPSA) is 66.5 Å². The molecule has 1 aromatic rings. The first-order chi connectivity index (χ1) is 6.83. The first-order valence-electron chi connectivity index (χ1n) is 5.14. The summed E-state index contributed by atoms with van der Waals surface area (Å²) in [5.41, 5.74) is 6.53. The van der Waals surface area contributed by atoms with Gasteiger partial charge in [-0.3, -0.25) is 0 Å². The van der Waals surface area contributed by atoms with Crippen molar-refractivity contribution in [1.82, 2.24) is 0 Å². The maximum Gasteiger partial charge on any atom is 0.157 e. The number of aromatic hydroxyl groups is 2. The predicted octanol–water partition coefficient (Wildman–Crippen LogP) is 2.32. The lowest BCUT2D eigenvalue weighted by Gasteiger charge is -2.27. The van der Waals surface area contributed by atoms with E-state index >= 15 is 0 Å². The summed E-state index contributed by atoms with van der Waals surface area (Å²) >= 11 is 0. The summed E-state index contributed by atoms with van der Waals surface area (Å²) in [7, 11) is 0. The van der Waals surface area contributed by atoms with Crippen molar-refractivity contribution in [1.29, 1.82) is 0 Å². The molecular formula is C12H19NO2. The molecule has 1 rings (SSSR count). The molecule has 0 amide bonds. The lowest BCUT2D eigenvalue weighted by molar-refractivity contribution is 0.372. The molecule has 1 aromatic carbocycles. The van der Waals surface area contributed by atoms with Crippen LogP contribution in [0.3, 0.4) is 0 Å². The lowest BCUT2D eigenvalue weighted by Crippen LogP contribution is -2.34. The van der Waals surface area contributed by atoms with E-state index in [0.717, 1.165) is 12.0 Å². The maximum atomic E-state index is 9.39. The van der Waals surface area contributed by atoms with Crippen LogP contribution < -0.4 is 5.73 Å². The molecule has 0 radical (unpaired) electrons. The fraction of sp³-hybridized carbons (Fsp3) is 0.500. The van der Waals surface area contributed by atoms with E-state index in [1.54, 1.807) is 6.07 Å². The molecule has 1 unspecified atom stereocenters. The van der Waals surface area contributed by atoms with Gasteiger partial charge < -0.3 is 15.9 Å². The molecule has 0 aromatic heterocycles. The Bertz CT molecular complexity index is 345. The highest BCUT2D eigenvalue weighted by Gasteiger charge is 2.23. The normalized spacial score (nSPS) is 15.3. The van der Waals surface area contributed by atoms with E-state index in [2.05, 4.69) is 13.8 Å². The number of phenols is 2. The molecule has 84 valence electrons. The summed E-state index contributed by atoms with van der Waals surface area (Å²) in [6, 6.07) is 4.74. The van der Waals surface area contributed by atoms with E-state index in [9.17, 15) is 10.2 Å². The summed E-state index contributed by atoms with van der Waals surface area (Å²) < 4.78 is 0. The third-order valence-corrected chi connectivity index (χ3v) is 2.47. The molecule has 0 spiro atoms. The van der Waals surface area contributed by atoms with Gasteiger partial charge in [-0.05, 0) is 37.0 Å². The second kappa shape index (κ2) is 4.11. The van der Waals surface area contributed by atoms with Crippen LogP contribution >= 0.6 is 0 Å². The molecule has 1 atom stereocenters. The van der Waals surface area contributed by atoms with E-state index in [4.69, 9.17) is 5.73 Å². The zero-order valence-electron chi connectivity index (χ0n) is 9.49. The van der Waals surface area contributed by atoms with E-state index in [1.165, 1.54) is 12.1 Å². The number of phenolic OH excluding ortho intramolecular Hbond substituents is 2. The van der Waals surface area contributed by atoms with Crippen LogP contribution in [0.15, 0.2) is 18.2 Å². The summed E-state index contributed by atoms with van der Waals surface area (Å²) in [5, 5.41) is 18.6. The smallest absolute Gasteiger partial charge is 0.157 e. The third-order valence-electron chi connectivity index (χ3n) is 2.47. The minimum absolute atomic E-state index is 0.112. The van der Waals surface area contributed by atoms with Crippen molar-refractivity contribution >= 4 is 0 Å². The van der Waals surface area contributed by atoms with Gasteiger partial charge in [0.05, 0.1) is 0 Å². The molecule has 0 saturated carbocycles. The van der Waals surface area contributed by atoms with Crippen molar-refractivity contribution in [3.63, 3.8) is 0 Å². The Balaban J connectivity index is 2.99. The largest absolute Gasteiger partial charge is 0.504 e. The van der Waals surface area contributed by atoms with Gasteiger partial charge in [0.2, 0.25) is 0 Å². The summed E-state index contributed by atoms with van der Waals surface area (Å²) in [6.45, 7) is 6.13. The Kier molecular flexibility index (Phi) is 3.25. The molecule has 3 heteroatoms. The van der Waals surface area contributed by atoms with Crippen molar-refractivity contribution < 1.29 is 10.2 Å². The van der Waals surface area contributed by atoms with Crippen LogP contribution in [0.4, 0.5) is 0 Å². The Labute approximate surface area is 90.5 Å². The summed E-state index contributed by atoms with van der Waals surface area (Å²) in [6.07, 6.45) is 0.831. The van der Waals surface area contributed by atoms with Gasteiger partial charge >= 0.3 is 0 Å². The molecule has 0 aliphatic carbocycles. The fourth-order valence-corrected chi connectivity index (χ4v) is 1.84. The van der Waals surface area contributed by atoms with Gasteiger partial charge in [0.1, 0.15) is 0 Å². The number of rotatable bonds is 3. The zero-order chi connectivity index (χ0) is 11.6. The van der Waals surface area contributed by atoms with Gasteiger partial charge in [0.25, 0.3) is 0 Å². The SMILES string of the molecule is CC(C)CC(C)(N)c1ccc(O)c(O)c1. The fourth-order valence-electron chi connectivity index (χ4n) is 1.84. The van der Waals surface area contributed by atoms with E-state index in [0.29, 0.717) is 5.92 Å². The van der Waals surface area contributed by atoms with Crippen molar-refractivity contribution in [2.75, 3.05) is 0 Å². The highest BCUT2D eigenvalue weighted by molar-refractivity contribution is 5.42. The van der Waals surface area contributed by atoms with Crippen LogP contribution in [0.25, 0.3) is 0 Å². The number of benzene rings is 1. The van der Waals surface area contributed by atoms with Crippen molar-refractivity contribution in [2.24, 2.45) is 11.7 Å². The first-order valence-corrected chi connectivity index (χ1v) is 5.14. The van der Waals surface area contributed by atoms with Gasteiger partial charge in [-0.1, -0.05) is 19.9 Å². The number of hydrogen-bond acceptors (Lipinski definition) is 3. The lowest BCUT2D eigenvalue weighted by atomic mass is 9.85. The Morgan fingerprint density at radius 3 is 2.33 bits per heavy atom. The molecule has 0 saturated heterocycles. The van der Waals surface area contributed by atoms with Crippen LogP contribution in [0.1, 0.15) is 32.8 Å². The highest BCUT2D eigenvalue weighted by atomic mass is 16.3. The molecule has 4 N–H and O–H groups in total. The molecule has 0 aliphatic rings. The van der Waals surface area contributed by atoms with E-state index in [1.807, 2.05) is 6.92 Å². The monoisotopic (exact) mass is 209 g/mol. The predicted molar refractivity (Wildman–Crippen MR) is 60.8 cm³/mol. The Morgan fingerprint density at radius 2 is 1.87 bits per heavy atom. The quantitative estimate of drug-likeness (QED) is 0.669. The van der Waals surface area contributed by atoms with Gasteiger partial charge in [-0.15, -0.1) is 0 Å². The zero-order valence-corrected chi connectivity index (χ0v) is 9.49. The van der Waals surface area contributed by atoms with Crippen LogP contribution in [0.5, 0.6) is 11.5 Å².